The first-order valence-corrected chi connectivity index (χ1v) is 11.5. The molecular weight excluding hydrogens is 406 g/mol. The van der Waals surface area contributed by atoms with Crippen molar-refractivity contribution in [2.45, 2.75) is 51.8 Å². The molecule has 4 rings (SSSR count). The molecule has 0 unspecified atom stereocenters. The number of benzene rings is 1. The molecular formula is C25H33N3O4. The normalized spacial score (nSPS) is 20.7. The van der Waals surface area contributed by atoms with Gasteiger partial charge in [0.1, 0.15) is 17.9 Å². The zero-order valence-electron chi connectivity index (χ0n) is 19.3. The number of aromatic nitrogens is 1. The predicted molar refractivity (Wildman–Crippen MR) is 122 cm³/mol. The van der Waals surface area contributed by atoms with E-state index in [-0.39, 0.29) is 17.9 Å². The highest BCUT2D eigenvalue weighted by Crippen LogP contribution is 2.28. The van der Waals surface area contributed by atoms with Crippen molar-refractivity contribution in [1.29, 1.82) is 0 Å². The first-order valence-electron chi connectivity index (χ1n) is 11.5. The molecule has 0 spiro atoms. The third kappa shape index (κ3) is 4.53. The molecule has 2 aliphatic rings. The van der Waals surface area contributed by atoms with Crippen LogP contribution in [0, 0.1) is 13.8 Å². The average molecular weight is 440 g/mol. The number of ether oxygens (including phenoxy) is 2. The molecule has 1 aromatic carbocycles. The minimum absolute atomic E-state index is 0.0446. The summed E-state index contributed by atoms with van der Waals surface area (Å²) in [7, 11) is 1.67. The largest absolute Gasteiger partial charge is 0.488 e. The van der Waals surface area contributed by atoms with Crippen molar-refractivity contribution in [3.05, 3.63) is 53.3 Å². The number of hydrogen-bond acceptors (Lipinski definition) is 4. The zero-order chi connectivity index (χ0) is 22.7. The quantitative estimate of drug-likeness (QED) is 0.665. The molecule has 0 saturated carbocycles. The number of hydrogen-bond donors (Lipinski definition) is 0. The van der Waals surface area contributed by atoms with Gasteiger partial charge >= 0.3 is 0 Å². The van der Waals surface area contributed by atoms with Crippen LogP contribution in [0.15, 0.2) is 36.4 Å². The summed E-state index contributed by atoms with van der Waals surface area (Å²) in [6.45, 7) is 7.17. The Hall–Kier alpha value is -2.80. The maximum atomic E-state index is 13.7. The molecule has 172 valence electrons. The van der Waals surface area contributed by atoms with Gasteiger partial charge in [-0.15, -0.1) is 0 Å². The Morgan fingerprint density at radius 3 is 2.50 bits per heavy atom. The summed E-state index contributed by atoms with van der Waals surface area (Å²) in [5, 5.41) is 0. The molecule has 0 bridgehead atoms. The van der Waals surface area contributed by atoms with Crippen LogP contribution in [0.1, 0.15) is 41.0 Å². The Morgan fingerprint density at radius 1 is 1.09 bits per heavy atom. The van der Waals surface area contributed by atoms with Gasteiger partial charge in [-0.05, 0) is 44.9 Å². The van der Waals surface area contributed by atoms with Crippen LogP contribution in [0.2, 0.25) is 0 Å². The van der Waals surface area contributed by atoms with E-state index in [0.29, 0.717) is 31.7 Å². The van der Waals surface area contributed by atoms with Crippen molar-refractivity contribution in [1.82, 2.24) is 14.4 Å². The van der Waals surface area contributed by atoms with Crippen LogP contribution in [0.3, 0.4) is 0 Å². The van der Waals surface area contributed by atoms with Crippen LogP contribution < -0.4 is 4.74 Å². The molecule has 2 amide bonds. The van der Waals surface area contributed by atoms with Gasteiger partial charge in [-0.2, -0.15) is 0 Å². The van der Waals surface area contributed by atoms with Gasteiger partial charge < -0.3 is 23.8 Å². The van der Waals surface area contributed by atoms with E-state index in [2.05, 4.69) is 4.57 Å². The number of para-hydroxylation sites is 1. The maximum absolute atomic E-state index is 13.7. The van der Waals surface area contributed by atoms with Gasteiger partial charge in [0.05, 0.1) is 18.7 Å². The van der Waals surface area contributed by atoms with Crippen molar-refractivity contribution in [2.75, 3.05) is 33.4 Å². The van der Waals surface area contributed by atoms with Gasteiger partial charge in [0.25, 0.3) is 5.91 Å². The topological polar surface area (TPSA) is 64.0 Å². The van der Waals surface area contributed by atoms with E-state index in [9.17, 15) is 9.59 Å². The Labute approximate surface area is 189 Å². The fraction of sp³-hybridized carbons (Fsp3) is 0.520. The molecule has 2 aromatic rings. The number of carbonyl (C=O) groups excluding carboxylic acids is 2. The SMILES string of the molecule is COCCn1c(C)cc(C(=O)N2C[C@@H](Oc3ccccc3)C[C@H]2C(=O)N2CCCC2)c1C. The van der Waals surface area contributed by atoms with Crippen LogP contribution in [-0.2, 0) is 16.1 Å². The second-order valence-corrected chi connectivity index (χ2v) is 8.72. The van der Waals surface area contributed by atoms with Gasteiger partial charge in [0.2, 0.25) is 5.91 Å². The molecule has 7 heteroatoms. The molecule has 3 heterocycles. The number of amides is 2. The monoisotopic (exact) mass is 439 g/mol. The third-order valence-corrected chi connectivity index (χ3v) is 6.60. The molecule has 2 fully saturated rings. The number of likely N-dealkylation sites (tertiary alicyclic amines) is 2. The smallest absolute Gasteiger partial charge is 0.256 e. The zero-order valence-corrected chi connectivity index (χ0v) is 19.3. The second-order valence-electron chi connectivity index (χ2n) is 8.72. The lowest BCUT2D eigenvalue weighted by molar-refractivity contribution is -0.134. The Bertz CT molecular complexity index is 950. The average Bonchev–Trinajstić information content (AvgIpc) is 3.53. The molecule has 7 nitrogen and oxygen atoms in total. The van der Waals surface area contributed by atoms with E-state index in [1.54, 1.807) is 12.0 Å². The third-order valence-electron chi connectivity index (χ3n) is 6.60. The molecule has 0 aliphatic carbocycles. The molecule has 32 heavy (non-hydrogen) atoms. The maximum Gasteiger partial charge on any atom is 0.256 e. The summed E-state index contributed by atoms with van der Waals surface area (Å²) in [6, 6.07) is 11.0. The number of nitrogens with zero attached hydrogens (tertiary/aromatic N) is 3. The molecule has 2 atom stereocenters. The standard InChI is InChI=1S/C25H33N3O4/c1-18-15-22(19(2)27(18)13-14-31-3)24(29)28-17-21(32-20-9-5-4-6-10-20)16-23(28)25(30)26-11-7-8-12-26/h4-6,9-10,15,21,23H,7-8,11-14,16-17H2,1-3H3/t21-,23-/m0/s1. The summed E-state index contributed by atoms with van der Waals surface area (Å²) >= 11 is 0. The second kappa shape index (κ2) is 9.77. The van der Waals surface area contributed by atoms with Crippen molar-refractivity contribution in [3.8, 4) is 5.75 Å². The first-order chi connectivity index (χ1) is 15.5. The molecule has 0 N–H and O–H groups in total. The van der Waals surface area contributed by atoms with Crippen molar-refractivity contribution in [2.24, 2.45) is 0 Å². The van der Waals surface area contributed by atoms with E-state index in [1.165, 1.54) is 0 Å². The summed E-state index contributed by atoms with van der Waals surface area (Å²) in [4.78, 5) is 30.7. The van der Waals surface area contributed by atoms with E-state index in [0.717, 1.165) is 43.1 Å². The van der Waals surface area contributed by atoms with Crippen LogP contribution in [0.4, 0.5) is 0 Å². The number of rotatable bonds is 7. The summed E-state index contributed by atoms with van der Waals surface area (Å²) in [5.41, 5.74) is 2.57. The number of methoxy groups -OCH3 is 1. The van der Waals surface area contributed by atoms with Crippen LogP contribution in [0.5, 0.6) is 5.75 Å². The molecule has 0 radical (unpaired) electrons. The van der Waals surface area contributed by atoms with Crippen LogP contribution >= 0.6 is 0 Å². The minimum atomic E-state index is -0.489. The minimum Gasteiger partial charge on any atom is -0.488 e. The molecule has 1 aromatic heterocycles. The molecule has 2 saturated heterocycles. The highest BCUT2D eigenvalue weighted by atomic mass is 16.5. The molecule has 2 aliphatic heterocycles. The number of carbonyl (C=O) groups is 2. The van der Waals surface area contributed by atoms with Crippen molar-refractivity contribution < 1.29 is 19.1 Å². The lowest BCUT2D eigenvalue weighted by Gasteiger charge is -2.27. The predicted octanol–water partition coefficient (Wildman–Crippen LogP) is 3.04. The highest BCUT2D eigenvalue weighted by molar-refractivity contribution is 5.99. The Balaban J connectivity index is 1.58. The fourth-order valence-corrected chi connectivity index (χ4v) is 4.88. The van der Waals surface area contributed by atoms with E-state index in [4.69, 9.17) is 9.47 Å². The van der Waals surface area contributed by atoms with Gasteiger partial charge in [0, 0.05) is 44.6 Å². The summed E-state index contributed by atoms with van der Waals surface area (Å²) < 4.78 is 13.5. The van der Waals surface area contributed by atoms with Crippen LogP contribution in [0.25, 0.3) is 0 Å². The fourth-order valence-electron chi connectivity index (χ4n) is 4.88. The van der Waals surface area contributed by atoms with Crippen LogP contribution in [-0.4, -0.2) is 71.7 Å². The van der Waals surface area contributed by atoms with Crippen molar-refractivity contribution in [3.63, 3.8) is 0 Å². The highest BCUT2D eigenvalue weighted by Gasteiger charge is 2.43. The Kier molecular flexibility index (Phi) is 6.84. The van der Waals surface area contributed by atoms with Gasteiger partial charge in [-0.3, -0.25) is 9.59 Å². The lowest BCUT2D eigenvalue weighted by atomic mass is 10.1. The van der Waals surface area contributed by atoms with Gasteiger partial charge in [-0.25, -0.2) is 0 Å². The number of aryl methyl sites for hydroxylation is 1. The summed E-state index contributed by atoms with van der Waals surface area (Å²) in [6.07, 6.45) is 2.35. The summed E-state index contributed by atoms with van der Waals surface area (Å²) in [5.74, 6) is 0.707. The van der Waals surface area contributed by atoms with Gasteiger partial charge in [-0.1, -0.05) is 18.2 Å². The van der Waals surface area contributed by atoms with E-state index in [1.807, 2.05) is 55.1 Å². The van der Waals surface area contributed by atoms with E-state index >= 15 is 0 Å². The lowest BCUT2D eigenvalue weighted by Crippen LogP contribution is -2.47. The Morgan fingerprint density at radius 2 is 1.81 bits per heavy atom. The first kappa shape index (κ1) is 22.4. The van der Waals surface area contributed by atoms with E-state index < -0.39 is 6.04 Å². The van der Waals surface area contributed by atoms with Crippen molar-refractivity contribution >= 4 is 11.8 Å². The van der Waals surface area contributed by atoms with Gasteiger partial charge in [0.15, 0.2) is 0 Å².